The summed E-state index contributed by atoms with van der Waals surface area (Å²) in [5, 5.41) is 0. The van der Waals surface area contributed by atoms with Gasteiger partial charge >= 0.3 is 12.6 Å². The molecule has 6 heteroatoms. The molecule has 1 aromatic rings. The number of rotatable bonds is 4. The molecule has 0 amide bonds. The molecule has 0 fully saturated rings. The molecule has 1 aromatic carbocycles. The third-order valence-corrected chi connectivity index (χ3v) is 2.49. The van der Waals surface area contributed by atoms with Crippen molar-refractivity contribution in [2.24, 2.45) is 0 Å². The van der Waals surface area contributed by atoms with Crippen molar-refractivity contribution in [3.05, 3.63) is 28.8 Å². The summed E-state index contributed by atoms with van der Waals surface area (Å²) in [6, 6.07) is 2.74. The van der Waals surface area contributed by atoms with Crippen LogP contribution in [0.15, 0.2) is 12.1 Å². The molecule has 0 bridgehead atoms. The third kappa shape index (κ3) is 3.30. The predicted octanol–water partition coefficient (Wildman–Crippen LogP) is 3.12. The van der Waals surface area contributed by atoms with Crippen LogP contribution < -0.4 is 4.74 Å². The van der Waals surface area contributed by atoms with Crippen LogP contribution in [0.2, 0.25) is 0 Å². The Morgan fingerprint density at radius 3 is 2.59 bits per heavy atom. The van der Waals surface area contributed by atoms with Crippen molar-refractivity contribution in [1.29, 1.82) is 0 Å². The van der Waals surface area contributed by atoms with Crippen LogP contribution in [0, 0.1) is 6.92 Å². The molecule has 0 radical (unpaired) electrons. The standard InChI is InChI=1S/C11H11ClF2O3/c1-6-3-8(10(15)16-2)9(17-11(13)14)4-7(6)5-12/h3-4,11H,5H2,1-2H3. The molecule has 17 heavy (non-hydrogen) atoms. The Labute approximate surface area is 102 Å². The second-order valence-electron chi connectivity index (χ2n) is 3.28. The molecule has 0 aliphatic heterocycles. The van der Waals surface area contributed by atoms with Gasteiger partial charge in [-0.25, -0.2) is 4.79 Å². The van der Waals surface area contributed by atoms with E-state index in [1.807, 2.05) is 0 Å². The minimum Gasteiger partial charge on any atom is -0.465 e. The second-order valence-corrected chi connectivity index (χ2v) is 3.55. The van der Waals surface area contributed by atoms with E-state index in [2.05, 4.69) is 9.47 Å². The van der Waals surface area contributed by atoms with Crippen LogP contribution >= 0.6 is 11.6 Å². The number of hydrogen-bond donors (Lipinski definition) is 0. The first-order valence-electron chi connectivity index (χ1n) is 4.72. The molecule has 0 aliphatic rings. The molecule has 0 saturated carbocycles. The van der Waals surface area contributed by atoms with Crippen LogP contribution in [-0.4, -0.2) is 19.7 Å². The molecule has 3 nitrogen and oxygen atoms in total. The summed E-state index contributed by atoms with van der Waals surface area (Å²) in [4.78, 5) is 11.4. The highest BCUT2D eigenvalue weighted by Gasteiger charge is 2.18. The summed E-state index contributed by atoms with van der Waals surface area (Å²) in [5.41, 5.74) is 1.29. The molecule has 0 saturated heterocycles. The lowest BCUT2D eigenvalue weighted by molar-refractivity contribution is -0.0504. The normalized spacial score (nSPS) is 10.5. The van der Waals surface area contributed by atoms with Gasteiger partial charge in [0.25, 0.3) is 0 Å². The number of esters is 1. The second kappa shape index (κ2) is 5.82. The highest BCUT2D eigenvalue weighted by Crippen LogP contribution is 2.26. The Morgan fingerprint density at radius 1 is 1.47 bits per heavy atom. The topological polar surface area (TPSA) is 35.5 Å². The smallest absolute Gasteiger partial charge is 0.387 e. The quantitative estimate of drug-likeness (QED) is 0.619. The van der Waals surface area contributed by atoms with Gasteiger partial charge in [0.15, 0.2) is 0 Å². The van der Waals surface area contributed by atoms with Crippen LogP contribution in [0.1, 0.15) is 21.5 Å². The Morgan fingerprint density at radius 2 is 2.12 bits per heavy atom. The molecular formula is C11H11ClF2O3. The van der Waals surface area contributed by atoms with Crippen LogP contribution in [0.25, 0.3) is 0 Å². The van der Waals surface area contributed by atoms with Gasteiger partial charge < -0.3 is 9.47 Å². The van der Waals surface area contributed by atoms with Crippen molar-refractivity contribution in [3.8, 4) is 5.75 Å². The minimum atomic E-state index is -3.01. The van der Waals surface area contributed by atoms with Crippen molar-refractivity contribution in [3.63, 3.8) is 0 Å². The van der Waals surface area contributed by atoms with Crippen molar-refractivity contribution < 1.29 is 23.0 Å². The highest BCUT2D eigenvalue weighted by molar-refractivity contribution is 6.17. The molecule has 0 heterocycles. The first-order chi connectivity index (χ1) is 7.99. The SMILES string of the molecule is COC(=O)c1cc(C)c(CCl)cc1OC(F)F. The Balaban J connectivity index is 3.25. The van der Waals surface area contributed by atoms with E-state index >= 15 is 0 Å². The van der Waals surface area contributed by atoms with E-state index in [-0.39, 0.29) is 17.2 Å². The van der Waals surface area contributed by atoms with E-state index in [1.165, 1.54) is 19.2 Å². The molecule has 1 rings (SSSR count). The average molecular weight is 265 g/mol. The maximum absolute atomic E-state index is 12.2. The Kier molecular flexibility index (Phi) is 4.69. The van der Waals surface area contributed by atoms with E-state index in [0.717, 1.165) is 0 Å². The largest absolute Gasteiger partial charge is 0.465 e. The number of hydrogen-bond acceptors (Lipinski definition) is 3. The fourth-order valence-electron chi connectivity index (χ4n) is 1.34. The summed E-state index contributed by atoms with van der Waals surface area (Å²) in [6.45, 7) is -1.29. The van der Waals surface area contributed by atoms with Gasteiger partial charge in [0.05, 0.1) is 7.11 Å². The van der Waals surface area contributed by atoms with Gasteiger partial charge in [0.2, 0.25) is 0 Å². The Hall–Kier alpha value is -1.36. The lowest BCUT2D eigenvalue weighted by atomic mass is 10.1. The van der Waals surface area contributed by atoms with Crippen molar-refractivity contribution in [1.82, 2.24) is 0 Å². The van der Waals surface area contributed by atoms with Gasteiger partial charge in [-0.15, -0.1) is 11.6 Å². The van der Waals surface area contributed by atoms with Gasteiger partial charge in [-0.3, -0.25) is 0 Å². The van der Waals surface area contributed by atoms with Crippen LogP contribution in [0.4, 0.5) is 8.78 Å². The van der Waals surface area contributed by atoms with Crippen molar-refractivity contribution >= 4 is 17.6 Å². The Bertz CT molecular complexity index is 421. The maximum atomic E-state index is 12.2. The first-order valence-corrected chi connectivity index (χ1v) is 5.25. The number of alkyl halides is 3. The maximum Gasteiger partial charge on any atom is 0.387 e. The molecule has 94 valence electrons. The van der Waals surface area contributed by atoms with Gasteiger partial charge in [-0.1, -0.05) is 0 Å². The summed E-state index contributed by atoms with van der Waals surface area (Å²) in [5.74, 6) is -0.814. The monoisotopic (exact) mass is 264 g/mol. The zero-order valence-corrected chi connectivity index (χ0v) is 10.1. The van der Waals surface area contributed by atoms with E-state index in [0.29, 0.717) is 11.1 Å². The highest BCUT2D eigenvalue weighted by atomic mass is 35.5. The fourth-order valence-corrected chi connectivity index (χ4v) is 1.63. The summed E-state index contributed by atoms with van der Waals surface area (Å²) < 4.78 is 33.2. The van der Waals surface area contributed by atoms with Crippen LogP contribution in [0.3, 0.4) is 0 Å². The number of benzene rings is 1. The fraction of sp³-hybridized carbons (Fsp3) is 0.364. The number of halogens is 3. The number of aryl methyl sites for hydroxylation is 1. The molecule has 0 spiro atoms. The van der Waals surface area contributed by atoms with Gasteiger partial charge in [0, 0.05) is 5.88 Å². The number of ether oxygens (including phenoxy) is 2. The average Bonchev–Trinajstić information content (AvgIpc) is 2.29. The number of carbonyl (C=O) groups excluding carboxylic acids is 1. The van der Waals surface area contributed by atoms with E-state index < -0.39 is 12.6 Å². The van der Waals surface area contributed by atoms with Gasteiger partial charge in [-0.05, 0) is 30.2 Å². The van der Waals surface area contributed by atoms with Crippen molar-refractivity contribution in [2.75, 3.05) is 7.11 Å². The first kappa shape index (κ1) is 13.7. The zero-order valence-electron chi connectivity index (χ0n) is 9.30. The van der Waals surface area contributed by atoms with Crippen molar-refractivity contribution in [2.45, 2.75) is 19.4 Å². The molecule has 0 aliphatic carbocycles. The van der Waals surface area contributed by atoms with Crippen LogP contribution in [-0.2, 0) is 10.6 Å². The lowest BCUT2D eigenvalue weighted by Crippen LogP contribution is -2.10. The van der Waals surface area contributed by atoms with E-state index in [9.17, 15) is 13.6 Å². The predicted molar refractivity (Wildman–Crippen MR) is 58.7 cm³/mol. The number of carbonyl (C=O) groups is 1. The van der Waals surface area contributed by atoms with Crippen LogP contribution in [0.5, 0.6) is 5.75 Å². The molecule has 0 aromatic heterocycles. The molecule has 0 unspecified atom stereocenters. The molecular weight excluding hydrogens is 254 g/mol. The van der Waals surface area contributed by atoms with Gasteiger partial charge in [-0.2, -0.15) is 8.78 Å². The summed E-state index contributed by atoms with van der Waals surface area (Å²) >= 11 is 5.65. The number of methoxy groups -OCH3 is 1. The molecule has 0 N–H and O–H groups in total. The van der Waals surface area contributed by atoms with Gasteiger partial charge in [0.1, 0.15) is 11.3 Å². The van der Waals surface area contributed by atoms with E-state index in [1.54, 1.807) is 6.92 Å². The summed E-state index contributed by atoms with van der Waals surface area (Å²) in [7, 11) is 1.17. The summed E-state index contributed by atoms with van der Waals surface area (Å²) in [6.07, 6.45) is 0. The zero-order chi connectivity index (χ0) is 13.0. The third-order valence-electron chi connectivity index (χ3n) is 2.20. The lowest BCUT2D eigenvalue weighted by Gasteiger charge is -2.12. The van der Waals surface area contributed by atoms with E-state index in [4.69, 9.17) is 11.6 Å². The molecule has 0 atom stereocenters. The minimum absolute atomic E-state index is 0.0424.